The summed E-state index contributed by atoms with van der Waals surface area (Å²) in [7, 11) is 0. The molecule has 0 heterocycles. The van der Waals surface area contributed by atoms with Gasteiger partial charge in [-0.1, -0.05) is 42.5 Å². The van der Waals surface area contributed by atoms with Gasteiger partial charge in [0.1, 0.15) is 17.4 Å². The Hall–Kier alpha value is -2.72. The van der Waals surface area contributed by atoms with Crippen molar-refractivity contribution in [1.82, 2.24) is 5.32 Å². The molecule has 0 saturated carbocycles. The molecule has 0 bridgehead atoms. The van der Waals surface area contributed by atoms with Gasteiger partial charge in [-0.25, -0.2) is 8.78 Å². The van der Waals surface area contributed by atoms with Crippen LogP contribution >= 0.6 is 0 Å². The summed E-state index contributed by atoms with van der Waals surface area (Å²) in [5, 5.41) is 3.32. The molecule has 0 radical (unpaired) electrons. The smallest absolute Gasteiger partial charge is 0.127 e. The van der Waals surface area contributed by atoms with Crippen LogP contribution in [0, 0.1) is 11.6 Å². The van der Waals surface area contributed by atoms with E-state index in [0.29, 0.717) is 18.7 Å². The Bertz CT molecular complexity index is 891. The molecule has 152 valence electrons. The molecule has 0 aromatic heterocycles. The van der Waals surface area contributed by atoms with Gasteiger partial charge in [-0.3, -0.25) is 0 Å². The maximum Gasteiger partial charge on any atom is 0.127 e. The highest BCUT2D eigenvalue weighted by Crippen LogP contribution is 2.29. The molecule has 29 heavy (non-hydrogen) atoms. The summed E-state index contributed by atoms with van der Waals surface area (Å²) in [6.45, 7) is 5.18. The zero-order valence-corrected chi connectivity index (χ0v) is 16.9. The number of ether oxygens (including phenoxy) is 1. The van der Waals surface area contributed by atoms with Crippen LogP contribution in [0.25, 0.3) is 0 Å². The van der Waals surface area contributed by atoms with Gasteiger partial charge in [0.25, 0.3) is 0 Å². The molecule has 4 heteroatoms. The van der Waals surface area contributed by atoms with Crippen molar-refractivity contribution in [2.45, 2.75) is 38.8 Å². The number of rotatable bonds is 9. The topological polar surface area (TPSA) is 21.3 Å². The monoisotopic (exact) mass is 395 g/mol. The summed E-state index contributed by atoms with van der Waals surface area (Å²) in [5.74, 6) is 0.498. The molecule has 0 unspecified atom stereocenters. The lowest BCUT2D eigenvalue weighted by molar-refractivity contribution is 0.242. The molecule has 2 nitrogen and oxygen atoms in total. The van der Waals surface area contributed by atoms with Gasteiger partial charge in [0.05, 0.1) is 6.10 Å². The molecule has 0 spiro atoms. The third-order valence-corrected chi connectivity index (χ3v) is 4.81. The van der Waals surface area contributed by atoms with Gasteiger partial charge in [-0.2, -0.15) is 0 Å². The van der Waals surface area contributed by atoms with Crippen LogP contribution < -0.4 is 10.1 Å². The molecule has 3 aromatic carbocycles. The van der Waals surface area contributed by atoms with E-state index in [1.165, 1.54) is 18.2 Å². The van der Waals surface area contributed by atoms with E-state index in [9.17, 15) is 8.78 Å². The first-order chi connectivity index (χ1) is 14.0. The second-order valence-electron chi connectivity index (χ2n) is 7.40. The maximum atomic E-state index is 13.8. The molecular formula is C25H27F2NO. The van der Waals surface area contributed by atoms with E-state index in [4.69, 9.17) is 4.74 Å². The van der Waals surface area contributed by atoms with Crippen LogP contribution in [0.1, 0.15) is 42.9 Å². The first-order valence-electron chi connectivity index (χ1n) is 9.99. The standard InChI is InChI=1S/C25H27F2NO/c1-18(2)29-23-13-9-20(10-14-23)24(19-7-11-22(26)12-8-19)15-16-28-17-21-5-3-4-6-25(21)27/h3-14,18,24,28H,15-17H2,1-2H3/t24-/m0/s1. The molecule has 0 aliphatic rings. The quantitative estimate of drug-likeness (QED) is 0.445. The third kappa shape index (κ3) is 6.13. The average Bonchev–Trinajstić information content (AvgIpc) is 2.71. The first kappa shape index (κ1) is 21.0. The third-order valence-electron chi connectivity index (χ3n) is 4.81. The second-order valence-corrected chi connectivity index (χ2v) is 7.40. The molecule has 0 fully saturated rings. The summed E-state index contributed by atoms with van der Waals surface area (Å²) in [6, 6.07) is 21.5. The summed E-state index contributed by atoms with van der Waals surface area (Å²) in [5.41, 5.74) is 2.85. The van der Waals surface area contributed by atoms with Crippen LogP contribution in [0.15, 0.2) is 72.8 Å². The van der Waals surface area contributed by atoms with Crippen molar-refractivity contribution in [1.29, 1.82) is 0 Å². The van der Waals surface area contributed by atoms with Crippen LogP contribution in [-0.4, -0.2) is 12.6 Å². The Kier molecular flexibility index (Phi) is 7.36. The Balaban J connectivity index is 1.69. The van der Waals surface area contributed by atoms with Crippen LogP contribution in [0.2, 0.25) is 0 Å². The van der Waals surface area contributed by atoms with E-state index in [2.05, 4.69) is 17.4 Å². The normalized spacial score (nSPS) is 12.2. The van der Waals surface area contributed by atoms with Crippen molar-refractivity contribution in [2.75, 3.05) is 6.54 Å². The molecule has 1 N–H and O–H groups in total. The predicted molar refractivity (Wildman–Crippen MR) is 113 cm³/mol. The fourth-order valence-corrected chi connectivity index (χ4v) is 3.38. The highest BCUT2D eigenvalue weighted by molar-refractivity contribution is 5.36. The van der Waals surface area contributed by atoms with Gasteiger partial charge in [-0.15, -0.1) is 0 Å². The van der Waals surface area contributed by atoms with Gasteiger partial charge in [-0.05, 0) is 68.3 Å². The van der Waals surface area contributed by atoms with E-state index in [-0.39, 0.29) is 23.7 Å². The Morgan fingerprint density at radius 2 is 1.45 bits per heavy atom. The molecule has 3 aromatic rings. The summed E-state index contributed by atoms with van der Waals surface area (Å²) in [4.78, 5) is 0. The van der Waals surface area contributed by atoms with E-state index in [0.717, 1.165) is 23.3 Å². The van der Waals surface area contributed by atoms with E-state index < -0.39 is 0 Å². The number of benzene rings is 3. The highest BCUT2D eigenvalue weighted by Gasteiger charge is 2.15. The van der Waals surface area contributed by atoms with Crippen LogP contribution in [0.4, 0.5) is 8.78 Å². The van der Waals surface area contributed by atoms with Crippen molar-refractivity contribution in [2.24, 2.45) is 0 Å². The minimum atomic E-state index is -0.245. The lowest BCUT2D eigenvalue weighted by Gasteiger charge is -2.19. The summed E-state index contributed by atoms with van der Waals surface area (Å²) < 4.78 is 32.9. The summed E-state index contributed by atoms with van der Waals surface area (Å²) >= 11 is 0. The Morgan fingerprint density at radius 3 is 2.07 bits per heavy atom. The van der Waals surface area contributed by atoms with Crippen molar-refractivity contribution in [3.63, 3.8) is 0 Å². The van der Waals surface area contributed by atoms with Gasteiger partial charge in [0.2, 0.25) is 0 Å². The van der Waals surface area contributed by atoms with Crippen molar-refractivity contribution < 1.29 is 13.5 Å². The van der Waals surface area contributed by atoms with Crippen LogP contribution in [0.3, 0.4) is 0 Å². The minimum Gasteiger partial charge on any atom is -0.491 e. The predicted octanol–water partition coefficient (Wildman–Crippen LogP) is 6.06. The largest absolute Gasteiger partial charge is 0.491 e. The second kappa shape index (κ2) is 10.2. The van der Waals surface area contributed by atoms with Gasteiger partial charge >= 0.3 is 0 Å². The molecule has 0 saturated heterocycles. The lowest BCUT2D eigenvalue weighted by atomic mass is 9.88. The summed E-state index contributed by atoms with van der Waals surface area (Å²) in [6.07, 6.45) is 0.932. The highest BCUT2D eigenvalue weighted by atomic mass is 19.1. The maximum absolute atomic E-state index is 13.8. The Labute approximate surface area is 171 Å². The van der Waals surface area contributed by atoms with E-state index in [1.807, 2.05) is 44.2 Å². The van der Waals surface area contributed by atoms with Gasteiger partial charge in [0.15, 0.2) is 0 Å². The fraction of sp³-hybridized carbons (Fsp3) is 0.280. The molecule has 0 aliphatic heterocycles. The average molecular weight is 395 g/mol. The van der Waals surface area contributed by atoms with Crippen molar-refractivity contribution >= 4 is 0 Å². The van der Waals surface area contributed by atoms with E-state index >= 15 is 0 Å². The van der Waals surface area contributed by atoms with E-state index in [1.54, 1.807) is 12.1 Å². The van der Waals surface area contributed by atoms with Gasteiger partial charge in [0, 0.05) is 18.0 Å². The fourth-order valence-electron chi connectivity index (χ4n) is 3.38. The number of hydrogen-bond acceptors (Lipinski definition) is 2. The van der Waals surface area contributed by atoms with Crippen molar-refractivity contribution in [3.05, 3.63) is 101 Å². The lowest BCUT2D eigenvalue weighted by Crippen LogP contribution is -2.18. The van der Waals surface area contributed by atoms with Gasteiger partial charge < -0.3 is 10.1 Å². The molecule has 3 rings (SSSR count). The molecule has 0 aliphatic carbocycles. The van der Waals surface area contributed by atoms with Crippen molar-refractivity contribution in [3.8, 4) is 5.75 Å². The zero-order chi connectivity index (χ0) is 20.6. The number of nitrogens with one attached hydrogen (secondary N) is 1. The first-order valence-corrected chi connectivity index (χ1v) is 9.99. The number of halogens is 2. The Morgan fingerprint density at radius 1 is 0.828 bits per heavy atom. The minimum absolute atomic E-state index is 0.108. The molecule has 1 atom stereocenters. The molecule has 0 amide bonds. The SMILES string of the molecule is CC(C)Oc1ccc([C@@H](CCNCc2ccccc2F)c2ccc(F)cc2)cc1. The van der Waals surface area contributed by atoms with Crippen LogP contribution in [0.5, 0.6) is 5.75 Å². The number of hydrogen-bond donors (Lipinski definition) is 1. The molecular weight excluding hydrogens is 368 g/mol. The zero-order valence-electron chi connectivity index (χ0n) is 16.9. The van der Waals surface area contributed by atoms with Crippen LogP contribution in [-0.2, 0) is 6.54 Å².